The van der Waals surface area contributed by atoms with Crippen LogP contribution in [-0.4, -0.2) is 73.9 Å². The average molecular weight is 422 g/mol. The van der Waals surface area contributed by atoms with Gasteiger partial charge in [0.15, 0.2) is 11.5 Å². The molecule has 4 aromatic heterocycles. The standard InChI is InChI=1S/C20H23N9S/c1-6-22-20(23-7-1)28-12-10-27(11-13-28)9-2-8-21-17-3-4-18-24-25-19(29(18)26-17)16-5-14-30-15-16/h1,3-7,14-15H,2,8-13H2,(H,21,26). The maximum absolute atomic E-state index is 4.67. The van der Waals surface area contributed by atoms with E-state index < -0.39 is 0 Å². The highest BCUT2D eigenvalue weighted by atomic mass is 32.1. The molecule has 4 aromatic rings. The van der Waals surface area contributed by atoms with Crippen molar-refractivity contribution < 1.29 is 0 Å². The summed E-state index contributed by atoms with van der Waals surface area (Å²) in [7, 11) is 0. The molecule has 0 amide bonds. The summed E-state index contributed by atoms with van der Waals surface area (Å²) in [5.41, 5.74) is 1.79. The van der Waals surface area contributed by atoms with Crippen LogP contribution in [0.1, 0.15) is 6.42 Å². The molecule has 0 radical (unpaired) electrons. The van der Waals surface area contributed by atoms with Crippen LogP contribution in [-0.2, 0) is 0 Å². The molecular formula is C20H23N9S. The van der Waals surface area contributed by atoms with Crippen LogP contribution in [0.5, 0.6) is 0 Å². The third-order valence-electron chi connectivity index (χ3n) is 5.21. The number of fused-ring (bicyclic) bond motifs is 1. The van der Waals surface area contributed by atoms with Gasteiger partial charge in [0, 0.05) is 56.1 Å². The Morgan fingerprint density at radius 3 is 2.67 bits per heavy atom. The summed E-state index contributed by atoms with van der Waals surface area (Å²) < 4.78 is 1.80. The second kappa shape index (κ2) is 8.72. The van der Waals surface area contributed by atoms with Crippen LogP contribution in [0.3, 0.4) is 0 Å². The molecule has 0 atom stereocenters. The van der Waals surface area contributed by atoms with E-state index in [-0.39, 0.29) is 0 Å². The fraction of sp³-hybridized carbons (Fsp3) is 0.350. The van der Waals surface area contributed by atoms with Crippen LogP contribution >= 0.6 is 11.3 Å². The molecular weight excluding hydrogens is 398 g/mol. The predicted molar refractivity (Wildman–Crippen MR) is 118 cm³/mol. The van der Waals surface area contributed by atoms with Gasteiger partial charge in [0.1, 0.15) is 5.82 Å². The number of nitrogens with zero attached hydrogens (tertiary/aromatic N) is 8. The van der Waals surface area contributed by atoms with Crippen molar-refractivity contribution in [3.05, 3.63) is 47.4 Å². The average Bonchev–Trinajstić information content (AvgIpc) is 3.47. The molecule has 9 nitrogen and oxygen atoms in total. The highest BCUT2D eigenvalue weighted by Gasteiger charge is 2.18. The summed E-state index contributed by atoms with van der Waals surface area (Å²) >= 11 is 1.64. The first-order chi connectivity index (χ1) is 14.9. The number of hydrogen-bond acceptors (Lipinski definition) is 9. The topological polar surface area (TPSA) is 87.4 Å². The highest BCUT2D eigenvalue weighted by Crippen LogP contribution is 2.20. The van der Waals surface area contributed by atoms with Crippen molar-refractivity contribution in [2.75, 3.05) is 49.5 Å². The summed E-state index contributed by atoms with van der Waals surface area (Å²) in [4.78, 5) is 13.4. The molecule has 10 heteroatoms. The number of anilines is 2. The van der Waals surface area contributed by atoms with E-state index in [0.29, 0.717) is 0 Å². The van der Waals surface area contributed by atoms with E-state index in [2.05, 4.69) is 45.8 Å². The Hall–Kier alpha value is -3.11. The molecule has 30 heavy (non-hydrogen) atoms. The smallest absolute Gasteiger partial charge is 0.225 e. The summed E-state index contributed by atoms with van der Waals surface area (Å²) in [5.74, 6) is 2.44. The first-order valence-electron chi connectivity index (χ1n) is 10.1. The molecule has 0 unspecified atom stereocenters. The van der Waals surface area contributed by atoms with Crippen molar-refractivity contribution in [3.63, 3.8) is 0 Å². The molecule has 0 saturated carbocycles. The van der Waals surface area contributed by atoms with Crippen LogP contribution in [0.25, 0.3) is 17.0 Å². The molecule has 1 aliphatic rings. The monoisotopic (exact) mass is 421 g/mol. The normalized spacial score (nSPS) is 15.0. The minimum atomic E-state index is 0.752. The quantitative estimate of drug-likeness (QED) is 0.455. The maximum atomic E-state index is 4.67. The van der Waals surface area contributed by atoms with Crippen molar-refractivity contribution in [3.8, 4) is 11.4 Å². The van der Waals surface area contributed by atoms with Gasteiger partial charge in [-0.25, -0.2) is 9.97 Å². The lowest BCUT2D eigenvalue weighted by Gasteiger charge is -2.34. The van der Waals surface area contributed by atoms with Crippen molar-refractivity contribution in [2.24, 2.45) is 0 Å². The largest absolute Gasteiger partial charge is 0.369 e. The van der Waals surface area contributed by atoms with Crippen LogP contribution < -0.4 is 10.2 Å². The first kappa shape index (κ1) is 18.9. The zero-order valence-electron chi connectivity index (χ0n) is 16.6. The van der Waals surface area contributed by atoms with Crippen molar-refractivity contribution in [1.29, 1.82) is 0 Å². The number of hydrogen-bond donors (Lipinski definition) is 1. The third kappa shape index (κ3) is 4.10. The lowest BCUT2D eigenvalue weighted by Crippen LogP contribution is -2.47. The van der Waals surface area contributed by atoms with Gasteiger partial charge in [0.2, 0.25) is 5.95 Å². The van der Waals surface area contributed by atoms with E-state index in [4.69, 9.17) is 0 Å². The fourth-order valence-electron chi connectivity index (χ4n) is 3.60. The van der Waals surface area contributed by atoms with Gasteiger partial charge in [-0.2, -0.15) is 15.9 Å². The SMILES string of the molecule is c1cnc(N2CCN(CCCNc3ccc4nnc(-c5ccsc5)n4n3)CC2)nc1. The molecule has 1 aliphatic heterocycles. The van der Waals surface area contributed by atoms with Gasteiger partial charge < -0.3 is 10.2 Å². The van der Waals surface area contributed by atoms with Crippen LogP contribution in [0.15, 0.2) is 47.4 Å². The van der Waals surface area contributed by atoms with Crippen molar-refractivity contribution in [2.45, 2.75) is 6.42 Å². The van der Waals surface area contributed by atoms with Gasteiger partial charge >= 0.3 is 0 Å². The Labute approximate surface area is 178 Å². The highest BCUT2D eigenvalue weighted by molar-refractivity contribution is 7.08. The summed E-state index contributed by atoms with van der Waals surface area (Å²) in [6, 6.07) is 7.79. The molecule has 0 bridgehead atoms. The Balaban J connectivity index is 1.11. The fourth-order valence-corrected chi connectivity index (χ4v) is 4.23. The molecule has 1 fully saturated rings. The van der Waals surface area contributed by atoms with Crippen LogP contribution in [0, 0.1) is 0 Å². The third-order valence-corrected chi connectivity index (χ3v) is 5.89. The minimum absolute atomic E-state index is 0.752. The summed E-state index contributed by atoms with van der Waals surface area (Å²) in [6.07, 6.45) is 4.66. The van der Waals surface area contributed by atoms with Gasteiger partial charge in [-0.05, 0) is 42.6 Å². The van der Waals surface area contributed by atoms with E-state index in [9.17, 15) is 0 Å². The summed E-state index contributed by atoms with van der Waals surface area (Å²) in [6.45, 7) is 5.94. The minimum Gasteiger partial charge on any atom is -0.369 e. The maximum Gasteiger partial charge on any atom is 0.225 e. The molecule has 0 aromatic carbocycles. The Kier molecular flexibility index (Phi) is 5.49. The number of piperazine rings is 1. The van der Waals surface area contributed by atoms with Gasteiger partial charge in [0.05, 0.1) is 0 Å². The van der Waals surface area contributed by atoms with Crippen molar-refractivity contribution >= 4 is 28.8 Å². The van der Waals surface area contributed by atoms with Gasteiger partial charge in [-0.3, -0.25) is 4.90 Å². The van der Waals surface area contributed by atoms with Gasteiger partial charge in [-0.1, -0.05) is 0 Å². The van der Waals surface area contributed by atoms with E-state index in [1.54, 1.807) is 28.2 Å². The molecule has 5 rings (SSSR count). The summed E-state index contributed by atoms with van der Waals surface area (Å²) in [5, 5.41) is 20.7. The zero-order valence-corrected chi connectivity index (χ0v) is 17.4. The second-order valence-electron chi connectivity index (χ2n) is 7.18. The number of thiophene rings is 1. The number of aromatic nitrogens is 6. The Bertz CT molecular complexity index is 1070. The molecule has 0 aliphatic carbocycles. The first-order valence-corrected chi connectivity index (χ1v) is 11.0. The van der Waals surface area contributed by atoms with Crippen molar-refractivity contribution in [1.82, 2.24) is 34.7 Å². The molecule has 0 spiro atoms. The van der Waals surface area contributed by atoms with E-state index in [0.717, 1.165) is 74.5 Å². The van der Waals surface area contributed by atoms with Gasteiger partial charge in [-0.15, -0.1) is 15.3 Å². The molecule has 5 heterocycles. The van der Waals surface area contributed by atoms with Crippen LogP contribution in [0.2, 0.25) is 0 Å². The molecule has 1 saturated heterocycles. The van der Waals surface area contributed by atoms with Crippen LogP contribution in [0.4, 0.5) is 11.8 Å². The lowest BCUT2D eigenvalue weighted by molar-refractivity contribution is 0.256. The molecule has 1 N–H and O–H groups in total. The second-order valence-corrected chi connectivity index (χ2v) is 7.96. The number of rotatable bonds is 7. The lowest BCUT2D eigenvalue weighted by atomic mass is 10.3. The number of nitrogens with one attached hydrogen (secondary N) is 1. The predicted octanol–water partition coefficient (Wildman–Crippen LogP) is 2.27. The van der Waals surface area contributed by atoms with E-state index in [1.807, 2.05) is 29.6 Å². The van der Waals surface area contributed by atoms with Gasteiger partial charge in [0.25, 0.3) is 0 Å². The Morgan fingerprint density at radius 1 is 1.00 bits per heavy atom. The van der Waals surface area contributed by atoms with E-state index >= 15 is 0 Å². The van der Waals surface area contributed by atoms with E-state index in [1.165, 1.54) is 0 Å². The zero-order chi connectivity index (χ0) is 20.2. The Morgan fingerprint density at radius 2 is 1.87 bits per heavy atom. The molecule has 154 valence electrons.